The molecule has 0 aliphatic carbocycles. The zero-order valence-electron chi connectivity index (χ0n) is 6.97. The molecule has 0 unspecified atom stereocenters. The number of rotatable bonds is 1. The molecule has 2 N–H and O–H groups in total. The van der Waals surface area contributed by atoms with Crippen molar-refractivity contribution in [2.24, 2.45) is 0 Å². The van der Waals surface area contributed by atoms with Gasteiger partial charge in [-0.15, -0.1) is 0 Å². The number of anilines is 1. The van der Waals surface area contributed by atoms with Crippen LogP contribution in [0.25, 0.3) is 0 Å². The Kier molecular flexibility index (Phi) is 3.63. The van der Waals surface area contributed by atoms with Crippen molar-refractivity contribution in [1.82, 2.24) is 5.32 Å². The molecular weight excluding hydrogens is 223 g/mol. The number of nitrogens with one attached hydrogen (secondary N) is 2. The Bertz CT molecular complexity index is 398. The van der Waals surface area contributed by atoms with E-state index in [1.54, 1.807) is 12.1 Å². The topological polar surface area (TPSA) is 41.1 Å². The third kappa shape index (κ3) is 2.84. The zero-order chi connectivity index (χ0) is 10.6. The molecule has 0 saturated heterocycles. The van der Waals surface area contributed by atoms with E-state index in [1.165, 1.54) is 6.07 Å². The van der Waals surface area contributed by atoms with Crippen LogP contribution >= 0.6 is 23.2 Å². The highest BCUT2D eigenvalue weighted by atomic mass is 35.5. The molecule has 2 amide bonds. The summed E-state index contributed by atoms with van der Waals surface area (Å²) in [6.07, 6.45) is 4.87. The summed E-state index contributed by atoms with van der Waals surface area (Å²) in [6.45, 7) is 0. The quantitative estimate of drug-likeness (QED) is 0.564. The number of terminal acetylenes is 1. The second-order valence-electron chi connectivity index (χ2n) is 2.35. The molecule has 0 aromatic heterocycles. The van der Waals surface area contributed by atoms with Gasteiger partial charge in [0.2, 0.25) is 0 Å². The third-order valence-corrected chi connectivity index (χ3v) is 2.10. The maximum Gasteiger partial charge on any atom is 0.330 e. The lowest BCUT2D eigenvalue weighted by Gasteiger charge is -2.04. The van der Waals surface area contributed by atoms with Gasteiger partial charge < -0.3 is 5.32 Å². The lowest BCUT2D eigenvalue weighted by Crippen LogP contribution is -2.23. The fraction of sp³-hybridized carbons (Fsp3) is 0. The van der Waals surface area contributed by atoms with E-state index in [-0.39, 0.29) is 0 Å². The maximum absolute atomic E-state index is 11.0. The van der Waals surface area contributed by atoms with E-state index in [1.807, 2.05) is 6.04 Å². The first-order valence-corrected chi connectivity index (χ1v) is 4.36. The number of urea groups is 1. The molecule has 0 bridgehead atoms. The molecule has 5 heteroatoms. The molecule has 14 heavy (non-hydrogen) atoms. The van der Waals surface area contributed by atoms with Crippen molar-refractivity contribution >= 4 is 34.9 Å². The minimum Gasteiger partial charge on any atom is -0.307 e. The molecular formula is C9H6Cl2N2O. The maximum atomic E-state index is 11.0. The van der Waals surface area contributed by atoms with Gasteiger partial charge in [-0.2, -0.15) is 0 Å². The van der Waals surface area contributed by atoms with Crippen molar-refractivity contribution in [2.75, 3.05) is 5.32 Å². The summed E-state index contributed by atoms with van der Waals surface area (Å²) in [4.78, 5) is 11.0. The van der Waals surface area contributed by atoms with Gasteiger partial charge >= 0.3 is 6.03 Å². The van der Waals surface area contributed by atoms with Gasteiger partial charge in [-0.3, -0.25) is 5.32 Å². The molecule has 0 fully saturated rings. The van der Waals surface area contributed by atoms with E-state index >= 15 is 0 Å². The number of carbonyl (C=O) groups excluding carboxylic acids is 1. The summed E-state index contributed by atoms with van der Waals surface area (Å²) in [7, 11) is 0. The van der Waals surface area contributed by atoms with Crippen LogP contribution in [0.1, 0.15) is 0 Å². The fourth-order valence-electron chi connectivity index (χ4n) is 0.802. The van der Waals surface area contributed by atoms with Crippen LogP contribution in [0.5, 0.6) is 0 Å². The molecule has 0 saturated carbocycles. The predicted octanol–water partition coefficient (Wildman–Crippen LogP) is 2.71. The number of halogens is 2. The SMILES string of the molecule is C#CNC(=O)Nc1ccc(Cl)c(Cl)c1. The van der Waals surface area contributed by atoms with Gasteiger partial charge in [-0.05, 0) is 18.2 Å². The van der Waals surface area contributed by atoms with E-state index in [4.69, 9.17) is 29.6 Å². The van der Waals surface area contributed by atoms with Crippen LogP contribution in [0.4, 0.5) is 10.5 Å². The van der Waals surface area contributed by atoms with Crippen LogP contribution in [0.15, 0.2) is 18.2 Å². The van der Waals surface area contributed by atoms with Crippen LogP contribution in [-0.2, 0) is 0 Å². The standard InChI is InChI=1S/C9H6Cl2N2O/c1-2-12-9(14)13-6-3-4-7(10)8(11)5-6/h1,3-5H,(H2,12,13,14). The summed E-state index contributed by atoms with van der Waals surface area (Å²) < 4.78 is 0. The van der Waals surface area contributed by atoms with Crippen LogP contribution in [0.2, 0.25) is 10.0 Å². The highest BCUT2D eigenvalue weighted by Gasteiger charge is 2.02. The normalized spacial score (nSPS) is 8.93. The smallest absolute Gasteiger partial charge is 0.307 e. The van der Waals surface area contributed by atoms with Crippen molar-refractivity contribution in [3.8, 4) is 12.5 Å². The summed E-state index contributed by atoms with van der Waals surface area (Å²) in [5.74, 6) is 0. The van der Waals surface area contributed by atoms with Crippen molar-refractivity contribution in [3.05, 3.63) is 28.2 Å². The van der Waals surface area contributed by atoms with Gasteiger partial charge in [0.1, 0.15) is 0 Å². The Balaban J connectivity index is 2.74. The van der Waals surface area contributed by atoms with E-state index in [0.29, 0.717) is 15.7 Å². The van der Waals surface area contributed by atoms with Crippen LogP contribution in [-0.4, -0.2) is 6.03 Å². The van der Waals surface area contributed by atoms with Gasteiger partial charge in [-0.25, -0.2) is 4.79 Å². The molecule has 0 aliphatic heterocycles. The Labute approximate surface area is 91.4 Å². The van der Waals surface area contributed by atoms with Gasteiger partial charge in [0.15, 0.2) is 0 Å². The number of benzene rings is 1. The largest absolute Gasteiger partial charge is 0.330 e. The Morgan fingerprint density at radius 3 is 2.64 bits per heavy atom. The predicted molar refractivity (Wildman–Crippen MR) is 57.4 cm³/mol. The summed E-state index contributed by atoms with van der Waals surface area (Å²) in [6, 6.07) is 6.22. The summed E-state index contributed by atoms with van der Waals surface area (Å²) in [5.41, 5.74) is 0.521. The highest BCUT2D eigenvalue weighted by Crippen LogP contribution is 2.24. The van der Waals surface area contributed by atoms with E-state index in [0.717, 1.165) is 0 Å². The molecule has 0 atom stereocenters. The molecule has 0 heterocycles. The monoisotopic (exact) mass is 228 g/mol. The second kappa shape index (κ2) is 4.75. The van der Waals surface area contributed by atoms with Crippen LogP contribution < -0.4 is 10.6 Å². The molecule has 0 spiro atoms. The van der Waals surface area contributed by atoms with Crippen molar-refractivity contribution in [1.29, 1.82) is 0 Å². The molecule has 72 valence electrons. The molecule has 0 aliphatic rings. The third-order valence-electron chi connectivity index (χ3n) is 1.36. The van der Waals surface area contributed by atoms with Gasteiger partial charge in [0.05, 0.1) is 10.0 Å². The molecule has 1 aromatic rings. The fourth-order valence-corrected chi connectivity index (χ4v) is 1.10. The Morgan fingerprint density at radius 1 is 1.36 bits per heavy atom. The minimum absolute atomic E-state index is 0.366. The zero-order valence-corrected chi connectivity index (χ0v) is 8.49. The van der Waals surface area contributed by atoms with Gasteiger partial charge in [0, 0.05) is 11.7 Å². The highest BCUT2D eigenvalue weighted by molar-refractivity contribution is 6.42. The van der Waals surface area contributed by atoms with Crippen LogP contribution in [0.3, 0.4) is 0 Å². The average Bonchev–Trinajstić information content (AvgIpc) is 2.12. The van der Waals surface area contributed by atoms with Gasteiger partial charge in [-0.1, -0.05) is 29.6 Å². The minimum atomic E-state index is -0.495. The molecule has 1 rings (SSSR count). The first kappa shape index (κ1) is 10.7. The van der Waals surface area contributed by atoms with E-state index < -0.39 is 6.03 Å². The lowest BCUT2D eigenvalue weighted by molar-refractivity contribution is 0.255. The molecule has 1 aromatic carbocycles. The number of hydrogen-bond acceptors (Lipinski definition) is 1. The number of carbonyl (C=O) groups is 1. The van der Waals surface area contributed by atoms with Crippen molar-refractivity contribution in [2.45, 2.75) is 0 Å². The first-order valence-electron chi connectivity index (χ1n) is 3.61. The number of hydrogen-bond donors (Lipinski definition) is 2. The average molecular weight is 229 g/mol. The Morgan fingerprint density at radius 2 is 2.07 bits per heavy atom. The number of amides is 2. The van der Waals surface area contributed by atoms with E-state index in [9.17, 15) is 4.79 Å². The second-order valence-corrected chi connectivity index (χ2v) is 3.17. The van der Waals surface area contributed by atoms with E-state index in [2.05, 4.69) is 10.6 Å². The van der Waals surface area contributed by atoms with Crippen LogP contribution in [0, 0.1) is 12.5 Å². The lowest BCUT2D eigenvalue weighted by atomic mass is 10.3. The molecule has 0 radical (unpaired) electrons. The Hall–Kier alpha value is -1.37. The molecule has 3 nitrogen and oxygen atoms in total. The summed E-state index contributed by atoms with van der Waals surface area (Å²) >= 11 is 11.4. The summed E-state index contributed by atoms with van der Waals surface area (Å²) in [5, 5.41) is 5.40. The van der Waals surface area contributed by atoms with Crippen molar-refractivity contribution < 1.29 is 4.79 Å². The van der Waals surface area contributed by atoms with Crippen molar-refractivity contribution in [3.63, 3.8) is 0 Å². The first-order chi connectivity index (χ1) is 6.63. The van der Waals surface area contributed by atoms with Gasteiger partial charge in [0.25, 0.3) is 0 Å².